The van der Waals surface area contributed by atoms with E-state index in [1.807, 2.05) is 43.7 Å². The first-order valence-electron chi connectivity index (χ1n) is 10.2. The van der Waals surface area contributed by atoms with E-state index in [-0.39, 0.29) is 17.2 Å². The number of hydrogen-bond donors (Lipinski definition) is 1. The number of rotatable bonds is 8. The zero-order valence-electron chi connectivity index (χ0n) is 17.1. The van der Waals surface area contributed by atoms with Gasteiger partial charge in [0.15, 0.2) is 0 Å². The summed E-state index contributed by atoms with van der Waals surface area (Å²) in [7, 11) is 0. The Balaban J connectivity index is 1.72. The van der Waals surface area contributed by atoms with E-state index in [4.69, 9.17) is 16.3 Å². The maximum Gasteiger partial charge on any atom is 0.225 e. The molecule has 1 aromatic carbocycles. The van der Waals surface area contributed by atoms with Crippen molar-refractivity contribution in [3.8, 4) is 11.6 Å². The standard InChI is InChI=1S/C22H27ClN4O2/c1-4-29-17-9-7-16(8-10-17)12-26(11-15-5-6-15)20-18-13-27(14(2)3)21(28)19(18)24-22(23)25-20/h7-10,13-15,28H,4-6,11-12H2,1-3H3. The van der Waals surface area contributed by atoms with Gasteiger partial charge in [0.1, 0.15) is 17.1 Å². The summed E-state index contributed by atoms with van der Waals surface area (Å²) in [5, 5.41) is 11.6. The molecule has 6 nitrogen and oxygen atoms in total. The predicted octanol–water partition coefficient (Wildman–Crippen LogP) is 5.19. The molecule has 1 N–H and O–H groups in total. The van der Waals surface area contributed by atoms with Crippen LogP contribution in [0.25, 0.3) is 10.9 Å². The van der Waals surface area contributed by atoms with Gasteiger partial charge in [0, 0.05) is 25.3 Å². The third kappa shape index (κ3) is 4.27. The Labute approximate surface area is 176 Å². The maximum absolute atomic E-state index is 10.6. The minimum Gasteiger partial charge on any atom is -0.494 e. The van der Waals surface area contributed by atoms with Crippen molar-refractivity contribution in [2.45, 2.75) is 46.2 Å². The maximum atomic E-state index is 10.6. The normalized spacial score (nSPS) is 14.0. The smallest absolute Gasteiger partial charge is 0.225 e. The highest BCUT2D eigenvalue weighted by molar-refractivity contribution is 6.29. The molecule has 29 heavy (non-hydrogen) atoms. The van der Waals surface area contributed by atoms with Gasteiger partial charge in [0.05, 0.1) is 12.0 Å². The molecule has 0 spiro atoms. The highest BCUT2D eigenvalue weighted by atomic mass is 35.5. The molecule has 2 aromatic heterocycles. The van der Waals surface area contributed by atoms with Crippen LogP contribution < -0.4 is 9.64 Å². The van der Waals surface area contributed by atoms with Gasteiger partial charge in [0.2, 0.25) is 11.2 Å². The number of anilines is 1. The Hall–Kier alpha value is -2.47. The van der Waals surface area contributed by atoms with Crippen LogP contribution >= 0.6 is 11.6 Å². The summed E-state index contributed by atoms with van der Waals surface area (Å²) in [6.07, 6.45) is 4.40. The van der Waals surface area contributed by atoms with Crippen molar-refractivity contribution in [3.05, 3.63) is 41.3 Å². The molecule has 0 saturated heterocycles. The van der Waals surface area contributed by atoms with Gasteiger partial charge in [0.25, 0.3) is 0 Å². The molecule has 1 fully saturated rings. The van der Waals surface area contributed by atoms with Gasteiger partial charge in [-0.25, -0.2) is 4.98 Å². The van der Waals surface area contributed by atoms with Gasteiger partial charge in [-0.2, -0.15) is 4.98 Å². The molecule has 7 heteroatoms. The first-order valence-corrected chi connectivity index (χ1v) is 10.6. The van der Waals surface area contributed by atoms with Crippen LogP contribution in [-0.4, -0.2) is 32.8 Å². The molecule has 0 atom stereocenters. The summed E-state index contributed by atoms with van der Waals surface area (Å²) >= 11 is 6.25. The van der Waals surface area contributed by atoms with Crippen LogP contribution in [-0.2, 0) is 6.54 Å². The fourth-order valence-corrected chi connectivity index (χ4v) is 3.76. The van der Waals surface area contributed by atoms with E-state index < -0.39 is 0 Å². The van der Waals surface area contributed by atoms with Gasteiger partial charge in [-0.3, -0.25) is 0 Å². The van der Waals surface area contributed by atoms with E-state index in [1.165, 1.54) is 18.4 Å². The largest absolute Gasteiger partial charge is 0.494 e. The van der Waals surface area contributed by atoms with Crippen molar-refractivity contribution < 1.29 is 9.84 Å². The summed E-state index contributed by atoms with van der Waals surface area (Å²) in [6, 6.07) is 8.28. The van der Waals surface area contributed by atoms with Gasteiger partial charge >= 0.3 is 0 Å². The van der Waals surface area contributed by atoms with Crippen LogP contribution in [0.4, 0.5) is 5.82 Å². The van der Waals surface area contributed by atoms with Crippen molar-refractivity contribution in [2.75, 3.05) is 18.1 Å². The summed E-state index contributed by atoms with van der Waals surface area (Å²) in [6.45, 7) is 8.29. The Kier molecular flexibility index (Phi) is 5.54. The van der Waals surface area contributed by atoms with E-state index >= 15 is 0 Å². The number of aromatic nitrogens is 3. The highest BCUT2D eigenvalue weighted by Crippen LogP contribution is 2.38. The van der Waals surface area contributed by atoms with Crippen LogP contribution in [0.1, 0.15) is 45.2 Å². The number of ether oxygens (including phenoxy) is 1. The molecule has 1 aliphatic carbocycles. The molecule has 1 aliphatic rings. The first-order chi connectivity index (χ1) is 14.0. The predicted molar refractivity (Wildman–Crippen MR) is 116 cm³/mol. The Morgan fingerprint density at radius 3 is 2.59 bits per heavy atom. The summed E-state index contributed by atoms with van der Waals surface area (Å²) < 4.78 is 7.37. The molecule has 0 radical (unpaired) electrons. The lowest BCUT2D eigenvalue weighted by Gasteiger charge is -2.24. The van der Waals surface area contributed by atoms with E-state index in [0.29, 0.717) is 24.6 Å². The molecule has 2 heterocycles. The minimum absolute atomic E-state index is 0.110. The average molecular weight is 415 g/mol. The van der Waals surface area contributed by atoms with Crippen molar-refractivity contribution in [3.63, 3.8) is 0 Å². The van der Waals surface area contributed by atoms with E-state index in [2.05, 4.69) is 27.0 Å². The van der Waals surface area contributed by atoms with Gasteiger partial charge in [-0.15, -0.1) is 0 Å². The quantitative estimate of drug-likeness (QED) is 0.514. The zero-order valence-corrected chi connectivity index (χ0v) is 17.9. The van der Waals surface area contributed by atoms with Crippen molar-refractivity contribution in [1.29, 1.82) is 0 Å². The van der Waals surface area contributed by atoms with Crippen molar-refractivity contribution >= 4 is 28.3 Å². The van der Waals surface area contributed by atoms with E-state index in [0.717, 1.165) is 23.5 Å². The second-order valence-electron chi connectivity index (χ2n) is 7.93. The summed E-state index contributed by atoms with van der Waals surface area (Å²) in [4.78, 5) is 11.1. The minimum atomic E-state index is 0.110. The van der Waals surface area contributed by atoms with Gasteiger partial charge in [-0.05, 0) is 68.8 Å². The molecule has 154 valence electrons. The van der Waals surface area contributed by atoms with E-state index in [1.54, 1.807) is 0 Å². The Morgan fingerprint density at radius 1 is 1.24 bits per heavy atom. The summed E-state index contributed by atoms with van der Waals surface area (Å²) in [5.41, 5.74) is 1.67. The molecule has 0 unspecified atom stereocenters. The van der Waals surface area contributed by atoms with Gasteiger partial charge < -0.3 is 19.3 Å². The number of benzene rings is 1. The molecular weight excluding hydrogens is 388 g/mol. The SMILES string of the molecule is CCOc1ccc(CN(CC2CC2)c2nc(Cl)nc3c(O)n(C(C)C)cc23)cc1. The topological polar surface area (TPSA) is 63.4 Å². The first kappa shape index (κ1) is 19.8. The number of halogens is 1. The second kappa shape index (κ2) is 8.11. The number of nitrogens with zero attached hydrogens (tertiary/aromatic N) is 4. The molecular formula is C22H27ClN4O2. The second-order valence-corrected chi connectivity index (χ2v) is 8.27. The lowest BCUT2D eigenvalue weighted by Crippen LogP contribution is -2.26. The van der Waals surface area contributed by atoms with Gasteiger partial charge in [-0.1, -0.05) is 12.1 Å². The van der Waals surface area contributed by atoms with Crippen molar-refractivity contribution in [2.24, 2.45) is 5.92 Å². The number of aromatic hydroxyl groups is 1. The van der Waals surface area contributed by atoms with Crippen LogP contribution in [0, 0.1) is 5.92 Å². The van der Waals surface area contributed by atoms with Crippen LogP contribution in [0.3, 0.4) is 0 Å². The lowest BCUT2D eigenvalue weighted by molar-refractivity contribution is 0.340. The third-order valence-electron chi connectivity index (χ3n) is 5.26. The number of fused-ring (bicyclic) bond motifs is 1. The van der Waals surface area contributed by atoms with E-state index in [9.17, 15) is 5.11 Å². The molecule has 4 rings (SSSR count). The van der Waals surface area contributed by atoms with Crippen molar-refractivity contribution in [1.82, 2.24) is 14.5 Å². The lowest BCUT2D eigenvalue weighted by atomic mass is 10.2. The highest BCUT2D eigenvalue weighted by Gasteiger charge is 2.27. The molecule has 1 saturated carbocycles. The molecule has 3 aromatic rings. The fourth-order valence-electron chi connectivity index (χ4n) is 3.59. The Morgan fingerprint density at radius 2 is 1.97 bits per heavy atom. The molecule has 0 aliphatic heterocycles. The molecule has 0 amide bonds. The number of hydrogen-bond acceptors (Lipinski definition) is 5. The molecule has 0 bridgehead atoms. The van der Waals surface area contributed by atoms with Crippen LogP contribution in [0.15, 0.2) is 30.5 Å². The monoisotopic (exact) mass is 414 g/mol. The fraction of sp³-hybridized carbons (Fsp3) is 0.455. The Bertz CT molecular complexity index is 996. The average Bonchev–Trinajstić information content (AvgIpc) is 3.45. The van der Waals surface area contributed by atoms with Crippen LogP contribution in [0.5, 0.6) is 11.6 Å². The van der Waals surface area contributed by atoms with Crippen LogP contribution in [0.2, 0.25) is 5.28 Å². The third-order valence-corrected chi connectivity index (χ3v) is 5.43. The summed E-state index contributed by atoms with van der Waals surface area (Å²) in [5.74, 6) is 2.45. The zero-order chi connectivity index (χ0) is 20.5.